The van der Waals surface area contributed by atoms with Gasteiger partial charge in [0.05, 0.1) is 19.3 Å². The van der Waals surface area contributed by atoms with E-state index in [1.807, 2.05) is 6.92 Å². The minimum atomic E-state index is -0.0612. The van der Waals surface area contributed by atoms with Crippen molar-refractivity contribution < 1.29 is 9.53 Å². The summed E-state index contributed by atoms with van der Waals surface area (Å²) in [4.78, 5) is 13.0. The van der Waals surface area contributed by atoms with Crippen LogP contribution in [-0.2, 0) is 4.74 Å². The molecule has 1 fully saturated rings. The molecule has 76 valence electrons. The summed E-state index contributed by atoms with van der Waals surface area (Å²) in [5.41, 5.74) is 5.69. The van der Waals surface area contributed by atoms with Crippen molar-refractivity contribution in [3.63, 3.8) is 0 Å². The molecule has 2 atom stereocenters. The highest BCUT2D eigenvalue weighted by molar-refractivity contribution is 5.73. The summed E-state index contributed by atoms with van der Waals surface area (Å²) in [5.74, 6) is 0. The van der Waals surface area contributed by atoms with E-state index in [-0.39, 0.29) is 18.2 Å². The minimum absolute atomic E-state index is 0.0348. The van der Waals surface area contributed by atoms with E-state index in [1.54, 1.807) is 11.9 Å². The van der Waals surface area contributed by atoms with Crippen molar-refractivity contribution in [3.8, 4) is 0 Å². The fourth-order valence-electron chi connectivity index (χ4n) is 1.34. The molecule has 0 saturated carbocycles. The number of carbonyl (C=O) groups is 1. The average molecular weight is 187 g/mol. The molecule has 1 rings (SSSR count). The molecule has 1 heterocycles. The molecule has 5 nitrogen and oxygen atoms in total. The lowest BCUT2D eigenvalue weighted by molar-refractivity contribution is -0.0235. The van der Waals surface area contributed by atoms with E-state index in [9.17, 15) is 4.79 Å². The zero-order chi connectivity index (χ0) is 9.84. The van der Waals surface area contributed by atoms with Crippen LogP contribution in [0.5, 0.6) is 0 Å². The first-order valence-electron chi connectivity index (χ1n) is 4.49. The molecule has 1 saturated heterocycles. The highest BCUT2D eigenvalue weighted by atomic mass is 16.5. The summed E-state index contributed by atoms with van der Waals surface area (Å²) in [5, 5.41) is 2.58. The van der Waals surface area contributed by atoms with Gasteiger partial charge in [0.25, 0.3) is 0 Å². The monoisotopic (exact) mass is 187 g/mol. The smallest absolute Gasteiger partial charge is 0.317 e. The van der Waals surface area contributed by atoms with Gasteiger partial charge in [-0.1, -0.05) is 0 Å². The first kappa shape index (κ1) is 10.3. The molecular formula is C8H17N3O2. The second-order valence-corrected chi connectivity index (χ2v) is 3.27. The lowest BCUT2D eigenvalue weighted by Gasteiger charge is -2.34. The van der Waals surface area contributed by atoms with Gasteiger partial charge in [0.15, 0.2) is 0 Å². The van der Waals surface area contributed by atoms with Crippen LogP contribution in [0.25, 0.3) is 0 Å². The summed E-state index contributed by atoms with van der Waals surface area (Å²) in [7, 11) is 1.62. The summed E-state index contributed by atoms with van der Waals surface area (Å²) in [6.07, 6.45) is -0.0361. The van der Waals surface area contributed by atoms with Crippen molar-refractivity contribution in [2.45, 2.75) is 19.1 Å². The van der Waals surface area contributed by atoms with Crippen molar-refractivity contribution in [2.75, 3.05) is 26.7 Å². The van der Waals surface area contributed by atoms with Crippen LogP contribution in [-0.4, -0.2) is 49.8 Å². The number of carbonyl (C=O) groups excluding carboxylic acids is 1. The molecule has 1 aliphatic rings. The number of hydrogen-bond donors (Lipinski definition) is 2. The minimum Gasteiger partial charge on any atom is -0.373 e. The van der Waals surface area contributed by atoms with Gasteiger partial charge in [0, 0.05) is 19.6 Å². The predicted molar refractivity (Wildman–Crippen MR) is 49.4 cm³/mol. The standard InChI is InChI=1S/C8H17N3O2/c1-6(9)7-5-11(3-4-13-7)8(12)10-2/h6-7H,3-5,9H2,1-2H3,(H,10,12). The molecule has 0 bridgehead atoms. The topological polar surface area (TPSA) is 67.6 Å². The van der Waals surface area contributed by atoms with Gasteiger partial charge in [-0.3, -0.25) is 0 Å². The molecule has 0 aliphatic carbocycles. The van der Waals surface area contributed by atoms with Gasteiger partial charge in [-0.2, -0.15) is 0 Å². The maximum atomic E-state index is 11.3. The maximum Gasteiger partial charge on any atom is 0.317 e. The number of amides is 2. The van der Waals surface area contributed by atoms with E-state index in [4.69, 9.17) is 10.5 Å². The van der Waals surface area contributed by atoms with Crippen molar-refractivity contribution in [1.29, 1.82) is 0 Å². The summed E-state index contributed by atoms with van der Waals surface area (Å²) < 4.78 is 5.42. The van der Waals surface area contributed by atoms with Crippen LogP contribution < -0.4 is 11.1 Å². The highest BCUT2D eigenvalue weighted by Gasteiger charge is 2.25. The Hall–Kier alpha value is -0.810. The van der Waals surface area contributed by atoms with Crippen LogP contribution in [0, 0.1) is 0 Å². The number of ether oxygens (including phenoxy) is 1. The zero-order valence-corrected chi connectivity index (χ0v) is 8.12. The Balaban J connectivity index is 2.46. The summed E-state index contributed by atoms with van der Waals surface area (Å²) in [6.45, 7) is 3.68. The number of urea groups is 1. The Labute approximate surface area is 78.2 Å². The van der Waals surface area contributed by atoms with Crippen molar-refractivity contribution in [2.24, 2.45) is 5.73 Å². The summed E-state index contributed by atoms with van der Waals surface area (Å²) in [6, 6.07) is -0.0959. The average Bonchev–Trinajstić information content (AvgIpc) is 2.17. The van der Waals surface area contributed by atoms with Crippen LogP contribution in [0.1, 0.15) is 6.92 Å². The molecule has 0 aromatic heterocycles. The third-order valence-electron chi connectivity index (χ3n) is 2.18. The van der Waals surface area contributed by atoms with Gasteiger partial charge >= 0.3 is 6.03 Å². The van der Waals surface area contributed by atoms with E-state index < -0.39 is 0 Å². The Bertz CT molecular complexity index is 184. The van der Waals surface area contributed by atoms with E-state index in [1.165, 1.54) is 0 Å². The van der Waals surface area contributed by atoms with Gasteiger partial charge in [0.1, 0.15) is 0 Å². The maximum absolute atomic E-state index is 11.3. The highest BCUT2D eigenvalue weighted by Crippen LogP contribution is 2.07. The largest absolute Gasteiger partial charge is 0.373 e. The number of morpholine rings is 1. The molecule has 1 aliphatic heterocycles. The molecule has 0 spiro atoms. The first-order chi connectivity index (χ1) is 6.15. The van der Waals surface area contributed by atoms with Crippen molar-refractivity contribution in [1.82, 2.24) is 10.2 Å². The van der Waals surface area contributed by atoms with E-state index in [2.05, 4.69) is 5.32 Å². The number of rotatable bonds is 1. The van der Waals surface area contributed by atoms with E-state index in [0.717, 1.165) is 0 Å². The lowest BCUT2D eigenvalue weighted by atomic mass is 10.1. The molecule has 0 radical (unpaired) electrons. The summed E-state index contributed by atoms with van der Waals surface area (Å²) >= 11 is 0. The van der Waals surface area contributed by atoms with Crippen LogP contribution in [0.3, 0.4) is 0 Å². The Kier molecular flexibility index (Phi) is 3.50. The van der Waals surface area contributed by atoms with Crippen molar-refractivity contribution >= 4 is 6.03 Å². The Morgan fingerprint density at radius 1 is 1.77 bits per heavy atom. The fourth-order valence-corrected chi connectivity index (χ4v) is 1.34. The molecule has 3 N–H and O–H groups in total. The number of nitrogens with two attached hydrogens (primary N) is 1. The lowest BCUT2D eigenvalue weighted by Crippen LogP contribution is -2.53. The van der Waals surface area contributed by atoms with Gasteiger partial charge in [-0.15, -0.1) is 0 Å². The van der Waals surface area contributed by atoms with Gasteiger partial charge < -0.3 is 20.7 Å². The molecule has 5 heteroatoms. The van der Waals surface area contributed by atoms with Gasteiger partial charge in [0.2, 0.25) is 0 Å². The second kappa shape index (κ2) is 4.43. The van der Waals surface area contributed by atoms with Crippen LogP contribution >= 0.6 is 0 Å². The zero-order valence-electron chi connectivity index (χ0n) is 8.12. The van der Waals surface area contributed by atoms with E-state index in [0.29, 0.717) is 19.7 Å². The van der Waals surface area contributed by atoms with Crippen LogP contribution in [0.2, 0.25) is 0 Å². The molecular weight excluding hydrogens is 170 g/mol. The third-order valence-corrected chi connectivity index (χ3v) is 2.18. The SMILES string of the molecule is CNC(=O)N1CCOC(C(C)N)C1. The first-order valence-corrected chi connectivity index (χ1v) is 4.49. The molecule has 0 aromatic rings. The quantitative estimate of drug-likeness (QED) is 0.574. The normalized spacial score (nSPS) is 25.5. The van der Waals surface area contributed by atoms with Crippen LogP contribution in [0.4, 0.5) is 4.79 Å². The Morgan fingerprint density at radius 2 is 2.46 bits per heavy atom. The fraction of sp³-hybridized carbons (Fsp3) is 0.875. The molecule has 2 unspecified atom stereocenters. The van der Waals surface area contributed by atoms with Gasteiger partial charge in [-0.25, -0.2) is 4.79 Å². The molecule has 0 aromatic carbocycles. The van der Waals surface area contributed by atoms with Crippen molar-refractivity contribution in [3.05, 3.63) is 0 Å². The van der Waals surface area contributed by atoms with Crippen LogP contribution in [0.15, 0.2) is 0 Å². The second-order valence-electron chi connectivity index (χ2n) is 3.27. The Morgan fingerprint density at radius 3 is 3.00 bits per heavy atom. The van der Waals surface area contributed by atoms with Gasteiger partial charge in [-0.05, 0) is 6.92 Å². The van der Waals surface area contributed by atoms with E-state index >= 15 is 0 Å². The third kappa shape index (κ3) is 2.57. The number of hydrogen-bond acceptors (Lipinski definition) is 3. The number of nitrogens with one attached hydrogen (secondary N) is 1. The molecule has 2 amide bonds. The number of nitrogens with zero attached hydrogens (tertiary/aromatic N) is 1. The predicted octanol–water partition coefficient (Wildman–Crippen LogP) is -0.626. The molecule has 13 heavy (non-hydrogen) atoms.